The number of pyridine rings is 1. The van der Waals surface area contributed by atoms with Crippen LogP contribution in [0.5, 0.6) is 0 Å². The van der Waals surface area contributed by atoms with Crippen molar-refractivity contribution >= 4 is 29.7 Å². The summed E-state index contributed by atoms with van der Waals surface area (Å²) in [5.41, 5.74) is 7.40. The standard InChI is InChI=1S/C42H52FN3O7/c1-9-50-36(48)24-44-40(49)45-29-18-15-26-11-10-12-32-37(27-13-16-28(43)17-14-27)33(38(25(2)3)46-39(32)34(26)21-29)20-19-30-22-31(52-42(7,8)51-30)23-35(47)53-41(4,5)6/h13-21,25,30-31H,9-12,22-24H2,1-8H3,(H2,44,45,49)/b20-19+/t30-,31-/m1/s1. The molecule has 1 aromatic heterocycles. The van der Waals surface area contributed by atoms with Crippen molar-refractivity contribution in [2.45, 2.75) is 117 Å². The van der Waals surface area contributed by atoms with Crippen molar-refractivity contribution in [3.63, 3.8) is 0 Å². The van der Waals surface area contributed by atoms with Crippen LogP contribution in [-0.2, 0) is 41.4 Å². The smallest absolute Gasteiger partial charge is 0.325 e. The molecule has 0 saturated carbocycles. The quantitative estimate of drug-likeness (QED) is 0.199. The Kier molecular flexibility index (Phi) is 12.4. The first-order valence-electron chi connectivity index (χ1n) is 18.4. The predicted octanol–water partition coefficient (Wildman–Crippen LogP) is 8.51. The average Bonchev–Trinajstić information content (AvgIpc) is 3.23. The van der Waals surface area contributed by atoms with Crippen LogP contribution in [-0.4, -0.2) is 59.7 Å². The zero-order chi connectivity index (χ0) is 38.5. The maximum absolute atomic E-state index is 14.3. The molecule has 2 aliphatic rings. The second kappa shape index (κ2) is 16.6. The highest BCUT2D eigenvalue weighted by molar-refractivity contribution is 5.93. The number of ether oxygens (including phenoxy) is 4. The van der Waals surface area contributed by atoms with E-state index in [1.54, 1.807) is 19.1 Å². The number of fused-ring (bicyclic) bond motifs is 3. The number of halogens is 1. The molecule has 2 atom stereocenters. The van der Waals surface area contributed by atoms with Gasteiger partial charge in [0.05, 0.1) is 36.6 Å². The normalized spacial score (nSPS) is 18.2. The van der Waals surface area contributed by atoms with Crippen LogP contribution in [0.15, 0.2) is 48.5 Å². The molecule has 3 aromatic rings. The summed E-state index contributed by atoms with van der Waals surface area (Å²) in [4.78, 5) is 42.6. The Labute approximate surface area is 311 Å². The van der Waals surface area contributed by atoms with E-state index in [1.165, 1.54) is 12.1 Å². The summed E-state index contributed by atoms with van der Waals surface area (Å²) in [6.45, 7) is 15.1. The van der Waals surface area contributed by atoms with Gasteiger partial charge in [0.15, 0.2) is 5.79 Å². The first-order chi connectivity index (χ1) is 25.0. The summed E-state index contributed by atoms with van der Waals surface area (Å²) in [5.74, 6) is -2.10. The number of anilines is 1. The molecule has 1 aliphatic carbocycles. The summed E-state index contributed by atoms with van der Waals surface area (Å²) in [5, 5.41) is 5.38. The van der Waals surface area contributed by atoms with Crippen molar-refractivity contribution in [3.8, 4) is 22.4 Å². The Morgan fingerprint density at radius 2 is 1.79 bits per heavy atom. The average molecular weight is 730 g/mol. The van der Waals surface area contributed by atoms with E-state index in [0.29, 0.717) is 12.1 Å². The fraction of sp³-hybridized carbons (Fsp3) is 0.476. The van der Waals surface area contributed by atoms with E-state index in [2.05, 4.69) is 30.6 Å². The van der Waals surface area contributed by atoms with E-state index in [9.17, 15) is 18.8 Å². The first-order valence-corrected chi connectivity index (χ1v) is 18.4. The second-order valence-electron chi connectivity index (χ2n) is 15.3. The van der Waals surface area contributed by atoms with Crippen LogP contribution in [0.1, 0.15) is 103 Å². The number of amides is 2. The fourth-order valence-electron chi connectivity index (χ4n) is 6.93. The van der Waals surface area contributed by atoms with Crippen LogP contribution < -0.4 is 10.6 Å². The summed E-state index contributed by atoms with van der Waals surface area (Å²) in [6, 6.07) is 11.8. The lowest BCUT2D eigenvalue weighted by Crippen LogP contribution is -2.45. The number of nitrogens with one attached hydrogen (secondary N) is 2. The number of rotatable bonds is 10. The number of nitrogens with zero attached hydrogens (tertiary/aromatic N) is 1. The number of benzene rings is 2. The first kappa shape index (κ1) is 39.6. The molecule has 2 heterocycles. The molecule has 1 saturated heterocycles. The number of hydrogen-bond donors (Lipinski definition) is 2. The van der Waals surface area contributed by atoms with Gasteiger partial charge in [0.2, 0.25) is 0 Å². The van der Waals surface area contributed by atoms with Gasteiger partial charge in [-0.15, -0.1) is 0 Å². The molecule has 1 fully saturated rings. The number of carbonyl (C=O) groups is 3. The molecule has 0 bridgehead atoms. The number of carbonyl (C=O) groups excluding carboxylic acids is 3. The predicted molar refractivity (Wildman–Crippen MR) is 203 cm³/mol. The lowest BCUT2D eigenvalue weighted by atomic mass is 9.86. The SMILES string of the molecule is CCOC(=O)CNC(=O)Nc1ccc2c(c1)-c1nc(C(C)C)c(/C=C/[C@@H]3C[C@H](CC(=O)OC(C)(C)C)OC(C)(C)O3)c(-c3ccc(F)cc3)c1CCC2. The molecule has 0 unspecified atom stereocenters. The van der Waals surface area contributed by atoms with Crippen molar-refractivity contribution in [2.24, 2.45) is 0 Å². The Morgan fingerprint density at radius 1 is 1.06 bits per heavy atom. The van der Waals surface area contributed by atoms with Crippen LogP contribution in [0.2, 0.25) is 0 Å². The lowest BCUT2D eigenvalue weighted by Gasteiger charge is -2.40. The van der Waals surface area contributed by atoms with Crippen molar-refractivity contribution in [1.29, 1.82) is 0 Å². The molecule has 0 spiro atoms. The summed E-state index contributed by atoms with van der Waals surface area (Å²) in [6.07, 6.45) is 6.24. The van der Waals surface area contributed by atoms with Gasteiger partial charge in [0, 0.05) is 23.2 Å². The van der Waals surface area contributed by atoms with Gasteiger partial charge in [-0.1, -0.05) is 44.2 Å². The number of aryl methyl sites for hydroxylation is 1. The Morgan fingerprint density at radius 3 is 2.47 bits per heavy atom. The maximum atomic E-state index is 14.3. The zero-order valence-corrected chi connectivity index (χ0v) is 32.1. The minimum absolute atomic E-state index is 0.00720. The summed E-state index contributed by atoms with van der Waals surface area (Å²) in [7, 11) is 0. The lowest BCUT2D eigenvalue weighted by molar-refractivity contribution is -0.290. The van der Waals surface area contributed by atoms with Crippen LogP contribution in [0, 0.1) is 5.82 Å². The molecule has 2 amide bonds. The van der Waals surface area contributed by atoms with Crippen molar-refractivity contribution in [1.82, 2.24) is 10.3 Å². The third-order valence-corrected chi connectivity index (χ3v) is 8.91. The van der Waals surface area contributed by atoms with Gasteiger partial charge in [-0.3, -0.25) is 14.6 Å². The molecule has 284 valence electrons. The van der Waals surface area contributed by atoms with Crippen LogP contribution in [0.25, 0.3) is 28.5 Å². The van der Waals surface area contributed by atoms with Gasteiger partial charge in [-0.05, 0) is 113 Å². The van der Waals surface area contributed by atoms with Crippen LogP contribution >= 0.6 is 0 Å². The number of hydrogen-bond acceptors (Lipinski definition) is 8. The minimum Gasteiger partial charge on any atom is -0.465 e. The largest absolute Gasteiger partial charge is 0.465 e. The highest BCUT2D eigenvalue weighted by Crippen LogP contribution is 2.43. The Bertz CT molecular complexity index is 1850. The third kappa shape index (κ3) is 10.5. The number of aromatic nitrogens is 1. The molecule has 2 aromatic carbocycles. The maximum Gasteiger partial charge on any atom is 0.325 e. The molecular weight excluding hydrogens is 677 g/mol. The Balaban J connectivity index is 1.56. The van der Waals surface area contributed by atoms with Gasteiger partial charge in [0.1, 0.15) is 18.0 Å². The number of esters is 2. The van der Waals surface area contributed by atoms with E-state index >= 15 is 0 Å². The topological polar surface area (TPSA) is 125 Å². The van der Waals surface area contributed by atoms with Crippen molar-refractivity contribution in [3.05, 3.63) is 76.7 Å². The third-order valence-electron chi connectivity index (χ3n) is 8.91. The van der Waals surface area contributed by atoms with E-state index < -0.39 is 29.5 Å². The molecule has 53 heavy (non-hydrogen) atoms. The summed E-state index contributed by atoms with van der Waals surface area (Å²) < 4.78 is 37.3. The molecule has 11 heteroatoms. The Hall–Kier alpha value is -4.61. The van der Waals surface area contributed by atoms with Gasteiger partial charge in [-0.25, -0.2) is 9.18 Å². The molecule has 1 aliphatic heterocycles. The highest BCUT2D eigenvalue weighted by atomic mass is 19.1. The van der Waals surface area contributed by atoms with E-state index in [-0.39, 0.29) is 43.4 Å². The van der Waals surface area contributed by atoms with Crippen molar-refractivity contribution < 1.29 is 37.7 Å². The molecule has 10 nitrogen and oxygen atoms in total. The molecule has 2 N–H and O–H groups in total. The molecule has 0 radical (unpaired) electrons. The fourth-order valence-corrected chi connectivity index (χ4v) is 6.93. The van der Waals surface area contributed by atoms with Gasteiger partial charge in [-0.2, -0.15) is 0 Å². The highest BCUT2D eigenvalue weighted by Gasteiger charge is 2.36. The van der Waals surface area contributed by atoms with Crippen LogP contribution in [0.4, 0.5) is 14.9 Å². The van der Waals surface area contributed by atoms with E-state index in [0.717, 1.165) is 64.0 Å². The second-order valence-corrected chi connectivity index (χ2v) is 15.3. The van der Waals surface area contributed by atoms with E-state index in [4.69, 9.17) is 23.9 Å². The minimum atomic E-state index is -0.933. The monoisotopic (exact) mass is 729 g/mol. The number of urea groups is 1. The van der Waals surface area contributed by atoms with Gasteiger partial charge >= 0.3 is 18.0 Å². The van der Waals surface area contributed by atoms with Crippen molar-refractivity contribution in [2.75, 3.05) is 18.5 Å². The zero-order valence-electron chi connectivity index (χ0n) is 32.1. The van der Waals surface area contributed by atoms with Crippen LogP contribution in [0.3, 0.4) is 0 Å². The molecular formula is C42H52FN3O7. The van der Waals surface area contributed by atoms with Gasteiger partial charge in [0.25, 0.3) is 0 Å². The summed E-state index contributed by atoms with van der Waals surface area (Å²) >= 11 is 0. The van der Waals surface area contributed by atoms with Gasteiger partial charge < -0.3 is 29.6 Å². The molecule has 5 rings (SSSR count). The van der Waals surface area contributed by atoms with E-state index in [1.807, 2.05) is 58.9 Å².